The van der Waals surface area contributed by atoms with Gasteiger partial charge < -0.3 is 10.3 Å². The molecule has 8 nitrogen and oxygen atoms in total. The Hall–Kier alpha value is -2.95. The number of hydrogen-bond acceptors (Lipinski definition) is 6. The predicted molar refractivity (Wildman–Crippen MR) is 113 cm³/mol. The number of anilines is 2. The first-order chi connectivity index (χ1) is 13.9. The van der Waals surface area contributed by atoms with Crippen LogP contribution >= 0.6 is 22.9 Å². The highest BCUT2D eigenvalue weighted by Gasteiger charge is 2.16. The highest BCUT2D eigenvalue weighted by molar-refractivity contribution is 7.93. The van der Waals surface area contributed by atoms with Crippen molar-refractivity contribution >= 4 is 60.7 Å². The average Bonchev–Trinajstić information content (AvgIpc) is 3.30. The summed E-state index contributed by atoms with van der Waals surface area (Å²) in [5.74, 6) is 0.221. The van der Waals surface area contributed by atoms with Crippen LogP contribution in [0.15, 0.2) is 58.9 Å². The Kier molecular flexibility index (Phi) is 5.22. The first-order valence-electron chi connectivity index (χ1n) is 8.35. The van der Waals surface area contributed by atoms with Crippen molar-refractivity contribution in [3.63, 3.8) is 0 Å². The summed E-state index contributed by atoms with van der Waals surface area (Å²) in [4.78, 5) is 23.7. The Morgan fingerprint density at radius 3 is 2.69 bits per heavy atom. The lowest BCUT2D eigenvalue weighted by Crippen LogP contribution is -2.16. The molecule has 3 N–H and O–H groups in total. The molecule has 0 spiro atoms. The standard InChI is InChI=1S/C18H14ClN5O3S2/c19-11-1-6-14-15(9-11)23-16(22-14)10-17(25)21-12-2-4-13(5-3-12)29(26,27)24-18-20-7-8-28-18/h1-9H,10H2,(H,20,24)(H,21,25)(H,22,23). The number of rotatable bonds is 6. The lowest BCUT2D eigenvalue weighted by molar-refractivity contribution is -0.115. The Balaban J connectivity index is 1.41. The van der Waals surface area contributed by atoms with Crippen LogP contribution in [0.2, 0.25) is 5.02 Å². The van der Waals surface area contributed by atoms with Crippen molar-refractivity contribution in [2.75, 3.05) is 10.0 Å². The summed E-state index contributed by atoms with van der Waals surface area (Å²) in [7, 11) is -3.74. The monoisotopic (exact) mass is 447 g/mol. The van der Waals surface area contributed by atoms with E-state index in [1.165, 1.54) is 41.8 Å². The summed E-state index contributed by atoms with van der Waals surface area (Å²) in [6, 6.07) is 11.1. The molecule has 0 aliphatic rings. The second kappa shape index (κ2) is 7.82. The lowest BCUT2D eigenvalue weighted by atomic mass is 10.3. The van der Waals surface area contributed by atoms with Gasteiger partial charge in [0.05, 0.1) is 22.3 Å². The van der Waals surface area contributed by atoms with E-state index < -0.39 is 10.0 Å². The maximum absolute atomic E-state index is 12.3. The Morgan fingerprint density at radius 1 is 1.17 bits per heavy atom. The van der Waals surface area contributed by atoms with E-state index >= 15 is 0 Å². The van der Waals surface area contributed by atoms with E-state index in [4.69, 9.17) is 11.6 Å². The highest BCUT2D eigenvalue weighted by atomic mass is 35.5. The Labute approximate surface area is 175 Å². The number of halogens is 1. The van der Waals surface area contributed by atoms with Crippen LogP contribution in [0, 0.1) is 0 Å². The van der Waals surface area contributed by atoms with Gasteiger partial charge in [-0.2, -0.15) is 0 Å². The fourth-order valence-electron chi connectivity index (χ4n) is 2.64. The molecule has 0 aliphatic heterocycles. The first-order valence-corrected chi connectivity index (χ1v) is 11.1. The van der Waals surface area contributed by atoms with Crippen molar-refractivity contribution in [3.8, 4) is 0 Å². The van der Waals surface area contributed by atoms with Gasteiger partial charge in [0.1, 0.15) is 5.82 Å². The smallest absolute Gasteiger partial charge is 0.263 e. The number of nitrogens with one attached hydrogen (secondary N) is 3. The molecule has 0 saturated heterocycles. The molecule has 2 heterocycles. The minimum atomic E-state index is -3.74. The van der Waals surface area contributed by atoms with E-state index in [2.05, 4.69) is 25.0 Å². The molecule has 0 fully saturated rings. The van der Waals surface area contributed by atoms with Crippen molar-refractivity contribution in [3.05, 3.63) is 64.9 Å². The molecule has 2 aromatic carbocycles. The normalized spacial score (nSPS) is 11.5. The molecule has 2 aromatic heterocycles. The second-order valence-corrected chi connectivity index (χ2v) is 9.05. The van der Waals surface area contributed by atoms with Gasteiger partial charge in [0.2, 0.25) is 5.91 Å². The summed E-state index contributed by atoms with van der Waals surface area (Å²) in [5.41, 5.74) is 1.95. The molecule has 4 aromatic rings. The summed E-state index contributed by atoms with van der Waals surface area (Å²) in [6.45, 7) is 0. The average molecular weight is 448 g/mol. The maximum atomic E-state index is 12.3. The minimum Gasteiger partial charge on any atom is -0.342 e. The number of thiazole rings is 1. The van der Waals surface area contributed by atoms with E-state index in [-0.39, 0.29) is 22.4 Å². The zero-order valence-electron chi connectivity index (χ0n) is 14.7. The number of benzene rings is 2. The fraction of sp³-hybridized carbons (Fsp3) is 0.0556. The van der Waals surface area contributed by atoms with Crippen LogP contribution in [0.5, 0.6) is 0 Å². The van der Waals surface area contributed by atoms with Crippen molar-refractivity contribution in [1.29, 1.82) is 0 Å². The van der Waals surface area contributed by atoms with Crippen LogP contribution in [0.25, 0.3) is 11.0 Å². The van der Waals surface area contributed by atoms with Crippen LogP contribution in [0.4, 0.5) is 10.8 Å². The molecular weight excluding hydrogens is 434 g/mol. The molecule has 0 bridgehead atoms. The molecule has 1 amide bonds. The molecule has 0 radical (unpaired) electrons. The Bertz CT molecular complexity index is 1270. The SMILES string of the molecule is O=C(Cc1nc2ccc(Cl)cc2[nH]1)Nc1ccc(S(=O)(=O)Nc2nccs2)cc1. The lowest BCUT2D eigenvalue weighted by Gasteiger charge is -2.07. The largest absolute Gasteiger partial charge is 0.342 e. The first kappa shape index (κ1) is 19.4. The van der Waals surface area contributed by atoms with Gasteiger partial charge in [-0.15, -0.1) is 11.3 Å². The zero-order valence-corrected chi connectivity index (χ0v) is 17.1. The van der Waals surface area contributed by atoms with Crippen LogP contribution in [-0.2, 0) is 21.2 Å². The molecule has 0 aliphatic carbocycles. The van der Waals surface area contributed by atoms with Gasteiger partial charge in [-0.1, -0.05) is 11.6 Å². The van der Waals surface area contributed by atoms with Gasteiger partial charge in [0, 0.05) is 22.3 Å². The van der Waals surface area contributed by atoms with Gasteiger partial charge in [-0.05, 0) is 42.5 Å². The number of H-pyrrole nitrogens is 1. The third-order valence-corrected chi connectivity index (χ3v) is 6.33. The molecule has 29 heavy (non-hydrogen) atoms. The van der Waals surface area contributed by atoms with Crippen LogP contribution in [-0.4, -0.2) is 29.3 Å². The summed E-state index contributed by atoms with van der Waals surface area (Å²) < 4.78 is 27.1. The number of fused-ring (bicyclic) bond motifs is 1. The number of sulfonamides is 1. The molecule has 4 rings (SSSR count). The topological polar surface area (TPSA) is 117 Å². The van der Waals surface area contributed by atoms with E-state index in [0.29, 0.717) is 16.5 Å². The number of carbonyl (C=O) groups excluding carboxylic acids is 1. The van der Waals surface area contributed by atoms with Gasteiger partial charge in [0.25, 0.3) is 10.0 Å². The van der Waals surface area contributed by atoms with Gasteiger partial charge in [-0.3, -0.25) is 9.52 Å². The number of hydrogen-bond donors (Lipinski definition) is 3. The van der Waals surface area contributed by atoms with Gasteiger partial charge >= 0.3 is 0 Å². The highest BCUT2D eigenvalue weighted by Crippen LogP contribution is 2.20. The molecule has 148 valence electrons. The number of aromatic amines is 1. The molecule has 0 atom stereocenters. The van der Waals surface area contributed by atoms with Crippen LogP contribution < -0.4 is 10.0 Å². The van der Waals surface area contributed by atoms with Crippen molar-refractivity contribution in [2.24, 2.45) is 0 Å². The summed E-state index contributed by atoms with van der Waals surface area (Å²) in [6.07, 6.45) is 1.55. The maximum Gasteiger partial charge on any atom is 0.263 e. The number of nitrogens with zero attached hydrogens (tertiary/aromatic N) is 2. The Morgan fingerprint density at radius 2 is 1.97 bits per heavy atom. The van der Waals surface area contributed by atoms with Gasteiger partial charge in [-0.25, -0.2) is 18.4 Å². The van der Waals surface area contributed by atoms with E-state index in [1.807, 2.05) is 0 Å². The molecule has 11 heteroatoms. The van der Waals surface area contributed by atoms with E-state index in [0.717, 1.165) is 11.0 Å². The molecule has 0 saturated carbocycles. The second-order valence-electron chi connectivity index (χ2n) is 6.04. The molecular formula is C18H14ClN5O3S2. The van der Waals surface area contributed by atoms with Crippen molar-refractivity contribution in [1.82, 2.24) is 15.0 Å². The number of imidazole rings is 1. The minimum absolute atomic E-state index is 0.0396. The summed E-state index contributed by atoms with van der Waals surface area (Å²) in [5, 5.41) is 5.26. The third-order valence-electron chi connectivity index (χ3n) is 3.92. The number of aromatic nitrogens is 3. The summed E-state index contributed by atoms with van der Waals surface area (Å²) >= 11 is 7.13. The zero-order chi connectivity index (χ0) is 20.4. The van der Waals surface area contributed by atoms with Crippen molar-refractivity contribution in [2.45, 2.75) is 11.3 Å². The quantitative estimate of drug-likeness (QED) is 0.417. The van der Waals surface area contributed by atoms with Crippen molar-refractivity contribution < 1.29 is 13.2 Å². The number of carbonyl (C=O) groups is 1. The van der Waals surface area contributed by atoms with Crippen LogP contribution in [0.3, 0.4) is 0 Å². The number of amides is 1. The van der Waals surface area contributed by atoms with Crippen LogP contribution in [0.1, 0.15) is 5.82 Å². The van der Waals surface area contributed by atoms with E-state index in [1.54, 1.807) is 23.6 Å². The van der Waals surface area contributed by atoms with E-state index in [9.17, 15) is 13.2 Å². The fourth-order valence-corrected chi connectivity index (χ4v) is 4.60. The van der Waals surface area contributed by atoms with Gasteiger partial charge in [0.15, 0.2) is 5.13 Å². The predicted octanol–water partition coefficient (Wildman–Crippen LogP) is 3.65. The molecule has 0 unspecified atom stereocenters. The third kappa shape index (κ3) is 4.56.